The second kappa shape index (κ2) is 6.22. The number of hydrogen-bond acceptors (Lipinski definition) is 2. The first kappa shape index (κ1) is 10.8. The van der Waals surface area contributed by atoms with Crippen LogP contribution in [-0.4, -0.2) is 13.7 Å². The van der Waals surface area contributed by atoms with E-state index in [1.54, 1.807) is 7.11 Å². The first-order chi connectivity index (χ1) is 6.86. The van der Waals surface area contributed by atoms with Gasteiger partial charge in [-0.2, -0.15) is 0 Å². The molecule has 2 nitrogen and oxygen atoms in total. The fourth-order valence-electron chi connectivity index (χ4n) is 1.20. The highest BCUT2D eigenvalue weighted by molar-refractivity contribution is 5.51. The molecule has 1 aromatic carbocycles. The Kier molecular flexibility index (Phi) is 4.79. The molecule has 2 N–H and O–H groups in total. The van der Waals surface area contributed by atoms with Crippen LogP contribution in [0.5, 0.6) is 5.75 Å². The Morgan fingerprint density at radius 3 is 3.00 bits per heavy atom. The minimum Gasteiger partial charge on any atom is -0.497 e. The van der Waals surface area contributed by atoms with Crippen molar-refractivity contribution in [1.29, 1.82) is 0 Å². The predicted octanol–water partition coefficient (Wildman–Crippen LogP) is 2.45. The van der Waals surface area contributed by atoms with E-state index in [-0.39, 0.29) is 0 Å². The Bertz CT molecular complexity index is 294. The van der Waals surface area contributed by atoms with Crippen molar-refractivity contribution in [1.82, 2.24) is 0 Å². The monoisotopic (exact) mass is 191 g/mol. The van der Waals surface area contributed by atoms with E-state index in [2.05, 4.69) is 18.2 Å². The lowest BCUT2D eigenvalue weighted by molar-refractivity contribution is 0.414. The smallest absolute Gasteiger partial charge is 0.119 e. The Morgan fingerprint density at radius 2 is 2.29 bits per heavy atom. The maximum atomic E-state index is 5.40. The van der Waals surface area contributed by atoms with E-state index >= 15 is 0 Å². The number of unbranched alkanes of at least 4 members (excludes halogenated alkanes) is 1. The summed E-state index contributed by atoms with van der Waals surface area (Å²) in [5.41, 5.74) is 6.57. The van der Waals surface area contributed by atoms with Crippen molar-refractivity contribution in [2.75, 3.05) is 13.7 Å². The van der Waals surface area contributed by atoms with Gasteiger partial charge in [-0.25, -0.2) is 0 Å². The summed E-state index contributed by atoms with van der Waals surface area (Å²) < 4.78 is 5.13. The van der Waals surface area contributed by atoms with Crippen molar-refractivity contribution >= 4 is 6.08 Å². The number of ether oxygens (including phenoxy) is 1. The maximum absolute atomic E-state index is 5.40. The molecular weight excluding hydrogens is 174 g/mol. The molecule has 0 bridgehead atoms. The molecule has 0 saturated heterocycles. The first-order valence-corrected chi connectivity index (χ1v) is 4.87. The minimum atomic E-state index is 0.752. The third-order valence-corrected chi connectivity index (χ3v) is 1.98. The lowest BCUT2D eigenvalue weighted by Gasteiger charge is -1.99. The quantitative estimate of drug-likeness (QED) is 0.725. The molecule has 0 spiro atoms. The molecular formula is C12H17NO. The number of benzene rings is 1. The summed E-state index contributed by atoms with van der Waals surface area (Å²) in [7, 11) is 1.68. The van der Waals surface area contributed by atoms with Gasteiger partial charge in [-0.3, -0.25) is 0 Å². The van der Waals surface area contributed by atoms with Crippen LogP contribution in [0.25, 0.3) is 6.08 Å². The van der Waals surface area contributed by atoms with Crippen molar-refractivity contribution in [3.05, 3.63) is 35.9 Å². The summed E-state index contributed by atoms with van der Waals surface area (Å²) in [5, 5.41) is 0. The van der Waals surface area contributed by atoms with Crippen LogP contribution in [0.1, 0.15) is 18.4 Å². The first-order valence-electron chi connectivity index (χ1n) is 4.87. The average molecular weight is 191 g/mol. The summed E-state index contributed by atoms with van der Waals surface area (Å²) in [4.78, 5) is 0. The van der Waals surface area contributed by atoms with Gasteiger partial charge < -0.3 is 10.5 Å². The predicted molar refractivity (Wildman–Crippen MR) is 60.3 cm³/mol. The van der Waals surface area contributed by atoms with Gasteiger partial charge in [-0.05, 0) is 37.1 Å². The van der Waals surface area contributed by atoms with Crippen LogP contribution in [0.4, 0.5) is 0 Å². The van der Waals surface area contributed by atoms with Gasteiger partial charge in [-0.1, -0.05) is 24.3 Å². The average Bonchev–Trinajstić information content (AvgIpc) is 2.25. The van der Waals surface area contributed by atoms with Crippen molar-refractivity contribution in [3.8, 4) is 5.75 Å². The van der Waals surface area contributed by atoms with E-state index in [9.17, 15) is 0 Å². The molecule has 0 heterocycles. The van der Waals surface area contributed by atoms with E-state index < -0.39 is 0 Å². The van der Waals surface area contributed by atoms with E-state index in [0.717, 1.165) is 25.1 Å². The molecule has 0 aliphatic heterocycles. The Morgan fingerprint density at radius 1 is 1.43 bits per heavy atom. The highest BCUT2D eigenvalue weighted by Crippen LogP contribution is 2.13. The van der Waals surface area contributed by atoms with Gasteiger partial charge in [0.05, 0.1) is 7.11 Å². The number of rotatable bonds is 5. The van der Waals surface area contributed by atoms with Crippen molar-refractivity contribution < 1.29 is 4.74 Å². The van der Waals surface area contributed by atoms with Gasteiger partial charge in [0.15, 0.2) is 0 Å². The molecule has 0 saturated carbocycles. The second-order valence-electron chi connectivity index (χ2n) is 3.11. The van der Waals surface area contributed by atoms with E-state index in [1.807, 2.05) is 18.2 Å². The Labute approximate surface area is 85.4 Å². The van der Waals surface area contributed by atoms with Gasteiger partial charge in [0.2, 0.25) is 0 Å². The fraction of sp³-hybridized carbons (Fsp3) is 0.333. The highest BCUT2D eigenvalue weighted by Gasteiger charge is 1.90. The number of nitrogens with two attached hydrogens (primary N) is 1. The van der Waals surface area contributed by atoms with E-state index in [1.165, 1.54) is 5.56 Å². The summed E-state index contributed by atoms with van der Waals surface area (Å²) in [6.45, 7) is 0.752. The maximum Gasteiger partial charge on any atom is 0.119 e. The Hall–Kier alpha value is -1.28. The van der Waals surface area contributed by atoms with Gasteiger partial charge in [-0.15, -0.1) is 0 Å². The standard InChI is InChI=1S/C12H17NO/c1-14-12-8-5-7-11(10-12)6-3-2-4-9-13/h3,5-8,10H,2,4,9,13H2,1H3/b6-3+. The molecule has 0 atom stereocenters. The molecule has 2 heteroatoms. The summed E-state index contributed by atoms with van der Waals surface area (Å²) in [6.07, 6.45) is 6.31. The summed E-state index contributed by atoms with van der Waals surface area (Å²) >= 11 is 0. The van der Waals surface area contributed by atoms with E-state index in [4.69, 9.17) is 10.5 Å². The third kappa shape index (κ3) is 3.62. The van der Waals surface area contributed by atoms with Gasteiger partial charge >= 0.3 is 0 Å². The molecule has 0 aliphatic carbocycles. The molecule has 0 radical (unpaired) electrons. The zero-order chi connectivity index (χ0) is 10.2. The molecule has 1 rings (SSSR count). The zero-order valence-corrected chi connectivity index (χ0v) is 8.57. The van der Waals surface area contributed by atoms with Gasteiger partial charge in [0.25, 0.3) is 0 Å². The summed E-state index contributed by atoms with van der Waals surface area (Å²) in [5.74, 6) is 0.894. The fourth-order valence-corrected chi connectivity index (χ4v) is 1.20. The SMILES string of the molecule is COc1cccc(/C=C/CCCN)c1. The minimum absolute atomic E-state index is 0.752. The Balaban J connectivity index is 2.53. The topological polar surface area (TPSA) is 35.2 Å². The molecule has 14 heavy (non-hydrogen) atoms. The van der Waals surface area contributed by atoms with Gasteiger partial charge in [0.1, 0.15) is 5.75 Å². The third-order valence-electron chi connectivity index (χ3n) is 1.98. The summed E-state index contributed by atoms with van der Waals surface area (Å²) in [6, 6.07) is 8.00. The molecule has 0 amide bonds. The van der Waals surface area contributed by atoms with Crippen LogP contribution in [0.2, 0.25) is 0 Å². The van der Waals surface area contributed by atoms with E-state index in [0.29, 0.717) is 0 Å². The molecule has 76 valence electrons. The number of allylic oxidation sites excluding steroid dienone is 1. The normalized spacial score (nSPS) is 10.7. The molecule has 0 aromatic heterocycles. The van der Waals surface area contributed by atoms with Crippen molar-refractivity contribution in [2.45, 2.75) is 12.8 Å². The van der Waals surface area contributed by atoms with Crippen molar-refractivity contribution in [2.24, 2.45) is 5.73 Å². The molecule has 0 unspecified atom stereocenters. The lowest BCUT2D eigenvalue weighted by Crippen LogP contribution is -1.96. The van der Waals surface area contributed by atoms with Crippen LogP contribution >= 0.6 is 0 Å². The number of methoxy groups -OCH3 is 1. The highest BCUT2D eigenvalue weighted by atomic mass is 16.5. The molecule has 1 aromatic rings. The molecule has 0 aliphatic rings. The van der Waals surface area contributed by atoms with Crippen LogP contribution in [0, 0.1) is 0 Å². The number of hydrogen-bond donors (Lipinski definition) is 1. The largest absolute Gasteiger partial charge is 0.497 e. The van der Waals surface area contributed by atoms with Crippen LogP contribution in [-0.2, 0) is 0 Å². The van der Waals surface area contributed by atoms with Crippen LogP contribution in [0.3, 0.4) is 0 Å². The molecule has 0 fully saturated rings. The van der Waals surface area contributed by atoms with Crippen molar-refractivity contribution in [3.63, 3.8) is 0 Å². The lowest BCUT2D eigenvalue weighted by atomic mass is 10.2. The van der Waals surface area contributed by atoms with Crippen LogP contribution < -0.4 is 10.5 Å². The van der Waals surface area contributed by atoms with Gasteiger partial charge in [0, 0.05) is 0 Å². The zero-order valence-electron chi connectivity index (χ0n) is 8.57. The van der Waals surface area contributed by atoms with Crippen LogP contribution in [0.15, 0.2) is 30.3 Å². The second-order valence-corrected chi connectivity index (χ2v) is 3.11.